The summed E-state index contributed by atoms with van der Waals surface area (Å²) in [5.74, 6) is -0.558. The van der Waals surface area contributed by atoms with Crippen LogP contribution >= 0.6 is 12.6 Å². The third-order valence-electron chi connectivity index (χ3n) is 0.563. The molecule has 0 aliphatic rings. The SMILES string of the molecule is COC(=O)C=CC(=O)S. The maximum Gasteiger partial charge on any atom is 0.330 e. The van der Waals surface area contributed by atoms with Gasteiger partial charge in [0, 0.05) is 6.08 Å². The molecule has 0 heterocycles. The van der Waals surface area contributed by atoms with Crippen molar-refractivity contribution in [2.24, 2.45) is 0 Å². The molecule has 0 rings (SSSR count). The molecule has 0 aliphatic heterocycles. The smallest absolute Gasteiger partial charge is 0.330 e. The Balaban J connectivity index is 3.71. The average molecular weight is 146 g/mol. The Morgan fingerprint density at radius 2 is 2.00 bits per heavy atom. The van der Waals surface area contributed by atoms with Crippen molar-refractivity contribution in [1.82, 2.24) is 0 Å². The second kappa shape index (κ2) is 4.14. The van der Waals surface area contributed by atoms with Crippen molar-refractivity contribution in [3.63, 3.8) is 0 Å². The van der Waals surface area contributed by atoms with Gasteiger partial charge in [0.15, 0.2) is 0 Å². The number of esters is 1. The number of carbonyl (C=O) groups is 2. The fourth-order valence-electron chi connectivity index (χ4n) is 0.207. The fraction of sp³-hybridized carbons (Fsp3) is 0.200. The summed E-state index contributed by atoms with van der Waals surface area (Å²) >= 11 is 3.38. The molecule has 0 aromatic carbocycles. The minimum absolute atomic E-state index is 0.472. The molecule has 50 valence electrons. The zero-order valence-corrected chi connectivity index (χ0v) is 5.72. The van der Waals surface area contributed by atoms with E-state index < -0.39 is 11.1 Å². The van der Waals surface area contributed by atoms with Gasteiger partial charge < -0.3 is 4.74 Å². The molecule has 0 unspecified atom stereocenters. The average Bonchev–Trinajstić information content (AvgIpc) is 1.83. The van der Waals surface area contributed by atoms with E-state index in [0.717, 1.165) is 12.2 Å². The molecule has 0 bridgehead atoms. The number of thiol groups is 1. The van der Waals surface area contributed by atoms with E-state index in [1.165, 1.54) is 7.11 Å². The van der Waals surface area contributed by atoms with Crippen LogP contribution in [0.2, 0.25) is 0 Å². The molecule has 0 saturated carbocycles. The summed E-state index contributed by atoms with van der Waals surface area (Å²) in [5, 5.41) is -0.472. The van der Waals surface area contributed by atoms with Crippen LogP contribution < -0.4 is 0 Å². The number of rotatable bonds is 2. The second-order valence-corrected chi connectivity index (χ2v) is 1.64. The third kappa shape index (κ3) is 5.10. The molecule has 4 heteroatoms. The summed E-state index contributed by atoms with van der Waals surface area (Å²) in [6.07, 6.45) is 2.03. The Bertz CT molecular complexity index is 150. The second-order valence-electron chi connectivity index (χ2n) is 1.19. The summed E-state index contributed by atoms with van der Waals surface area (Å²) in [7, 11) is 1.23. The molecule has 0 spiro atoms. The molecular formula is C5H6O3S. The molecule has 0 amide bonds. The lowest BCUT2D eigenvalue weighted by molar-refractivity contribution is -0.135. The molecule has 0 saturated heterocycles. The van der Waals surface area contributed by atoms with Crippen molar-refractivity contribution < 1.29 is 14.3 Å². The van der Waals surface area contributed by atoms with Crippen molar-refractivity contribution in [2.75, 3.05) is 7.11 Å². The quantitative estimate of drug-likeness (QED) is 0.343. The first-order chi connectivity index (χ1) is 4.16. The lowest BCUT2D eigenvalue weighted by atomic mass is 10.5. The predicted molar refractivity (Wildman–Crippen MR) is 35.1 cm³/mol. The first-order valence-electron chi connectivity index (χ1n) is 2.15. The normalized spacial score (nSPS) is 9.56. The highest BCUT2D eigenvalue weighted by Crippen LogP contribution is 1.82. The molecule has 0 aliphatic carbocycles. The van der Waals surface area contributed by atoms with Gasteiger partial charge in [-0.05, 0) is 6.08 Å². The van der Waals surface area contributed by atoms with Crippen LogP contribution in [-0.4, -0.2) is 18.2 Å². The van der Waals surface area contributed by atoms with E-state index >= 15 is 0 Å². The number of ether oxygens (including phenoxy) is 1. The van der Waals surface area contributed by atoms with E-state index in [4.69, 9.17) is 0 Å². The zero-order chi connectivity index (χ0) is 7.28. The van der Waals surface area contributed by atoms with Crippen LogP contribution in [0.3, 0.4) is 0 Å². The molecule has 0 aromatic heterocycles. The van der Waals surface area contributed by atoms with E-state index in [-0.39, 0.29) is 0 Å². The largest absolute Gasteiger partial charge is 0.466 e. The maximum absolute atomic E-state index is 10.2. The molecule has 0 aromatic rings. The standard InChI is InChI=1S/C5H6O3S/c1-8-4(6)2-3-5(7)9/h2-3H,1H3,(H,7,9). The minimum Gasteiger partial charge on any atom is -0.466 e. The summed E-state index contributed by atoms with van der Waals surface area (Å²) in [5.41, 5.74) is 0. The number of carbonyl (C=O) groups excluding carboxylic acids is 2. The lowest BCUT2D eigenvalue weighted by Gasteiger charge is -1.85. The van der Waals surface area contributed by atoms with Gasteiger partial charge in [-0.2, -0.15) is 0 Å². The summed E-state index contributed by atoms with van der Waals surface area (Å²) in [6, 6.07) is 0. The summed E-state index contributed by atoms with van der Waals surface area (Å²) < 4.78 is 4.19. The number of hydrogen-bond acceptors (Lipinski definition) is 3. The maximum atomic E-state index is 10.2. The van der Waals surface area contributed by atoms with Crippen LogP contribution in [0.15, 0.2) is 12.2 Å². The Kier molecular flexibility index (Phi) is 3.79. The summed E-state index contributed by atoms with van der Waals surface area (Å²) in [6.45, 7) is 0. The van der Waals surface area contributed by atoms with Gasteiger partial charge in [0.2, 0.25) is 5.12 Å². The van der Waals surface area contributed by atoms with Gasteiger partial charge in [0.05, 0.1) is 7.11 Å². The molecular weight excluding hydrogens is 140 g/mol. The van der Waals surface area contributed by atoms with E-state index in [0.29, 0.717) is 0 Å². The first-order valence-corrected chi connectivity index (χ1v) is 2.60. The van der Waals surface area contributed by atoms with E-state index in [1.54, 1.807) is 0 Å². The van der Waals surface area contributed by atoms with Gasteiger partial charge in [-0.25, -0.2) is 4.79 Å². The van der Waals surface area contributed by atoms with Crippen molar-refractivity contribution in [3.8, 4) is 0 Å². The van der Waals surface area contributed by atoms with Crippen molar-refractivity contribution in [1.29, 1.82) is 0 Å². The predicted octanol–water partition coefficient (Wildman–Crippen LogP) is 0.172. The molecule has 9 heavy (non-hydrogen) atoms. The van der Waals surface area contributed by atoms with E-state index in [9.17, 15) is 9.59 Å². The zero-order valence-electron chi connectivity index (χ0n) is 4.83. The van der Waals surface area contributed by atoms with Gasteiger partial charge in [-0.15, -0.1) is 12.6 Å². The van der Waals surface area contributed by atoms with Gasteiger partial charge >= 0.3 is 5.97 Å². The first kappa shape index (κ1) is 8.23. The monoisotopic (exact) mass is 146 g/mol. The molecule has 0 N–H and O–H groups in total. The van der Waals surface area contributed by atoms with Crippen LogP contribution in [0.25, 0.3) is 0 Å². The Labute approximate surface area is 58.1 Å². The Morgan fingerprint density at radius 1 is 1.44 bits per heavy atom. The minimum atomic E-state index is -0.558. The van der Waals surface area contributed by atoms with E-state index in [2.05, 4.69) is 17.4 Å². The van der Waals surface area contributed by atoms with Gasteiger partial charge in [-0.3, -0.25) is 4.79 Å². The van der Waals surface area contributed by atoms with Crippen molar-refractivity contribution in [3.05, 3.63) is 12.2 Å². The highest BCUT2D eigenvalue weighted by atomic mass is 32.1. The highest BCUT2D eigenvalue weighted by molar-refractivity contribution is 7.97. The fourth-order valence-corrected chi connectivity index (χ4v) is 0.282. The van der Waals surface area contributed by atoms with Gasteiger partial charge in [0.1, 0.15) is 0 Å². The van der Waals surface area contributed by atoms with Gasteiger partial charge in [0.25, 0.3) is 0 Å². The molecule has 0 fully saturated rings. The van der Waals surface area contributed by atoms with Crippen LogP contribution in [0, 0.1) is 0 Å². The lowest BCUT2D eigenvalue weighted by Crippen LogP contribution is -1.94. The third-order valence-corrected chi connectivity index (χ3v) is 0.712. The number of methoxy groups -OCH3 is 1. The van der Waals surface area contributed by atoms with Crippen LogP contribution in [0.1, 0.15) is 0 Å². The molecule has 0 atom stereocenters. The Morgan fingerprint density at radius 3 is 2.33 bits per heavy atom. The van der Waals surface area contributed by atoms with Crippen molar-refractivity contribution >= 4 is 23.7 Å². The van der Waals surface area contributed by atoms with Gasteiger partial charge in [-0.1, -0.05) is 0 Å². The van der Waals surface area contributed by atoms with Crippen LogP contribution in [-0.2, 0) is 14.3 Å². The van der Waals surface area contributed by atoms with Crippen LogP contribution in [0.5, 0.6) is 0 Å². The number of hydrogen-bond donors (Lipinski definition) is 1. The topological polar surface area (TPSA) is 43.4 Å². The summed E-state index contributed by atoms with van der Waals surface area (Å²) in [4.78, 5) is 20.3. The Hall–Kier alpha value is -0.770. The van der Waals surface area contributed by atoms with Crippen LogP contribution in [0.4, 0.5) is 0 Å². The molecule has 3 nitrogen and oxygen atoms in total. The molecule has 0 radical (unpaired) electrons. The van der Waals surface area contributed by atoms with Crippen molar-refractivity contribution in [2.45, 2.75) is 0 Å². The van der Waals surface area contributed by atoms with E-state index in [1.807, 2.05) is 0 Å². The highest BCUT2D eigenvalue weighted by Gasteiger charge is 1.90.